The summed E-state index contributed by atoms with van der Waals surface area (Å²) >= 11 is 0. The molecule has 0 aliphatic carbocycles. The Hall–Kier alpha value is -3.60. The Morgan fingerprint density at radius 1 is 1.24 bits per heavy atom. The first-order valence-corrected chi connectivity index (χ1v) is 10.1. The van der Waals surface area contributed by atoms with Gasteiger partial charge >= 0.3 is 6.16 Å². The molecule has 0 bridgehead atoms. The predicted molar refractivity (Wildman–Crippen MR) is 114 cm³/mol. The number of anilines is 1. The number of hydrogen-bond donors (Lipinski definition) is 2. The molecule has 2 aromatic heterocycles. The lowest BCUT2D eigenvalue weighted by Gasteiger charge is -2.27. The molecule has 11 heteroatoms. The molecular weight excluding hydrogens is 441 g/mol. The molecular formula is C22H21F3N4O4. The normalized spacial score (nSPS) is 16.4. The zero-order chi connectivity index (χ0) is 24.1. The third-order valence-electron chi connectivity index (χ3n) is 5.79. The van der Waals surface area contributed by atoms with Crippen molar-refractivity contribution in [3.05, 3.63) is 58.1 Å². The largest absolute Gasteiger partial charge is 0.511 e. The fraction of sp³-hybridized carbons (Fsp3) is 0.318. The summed E-state index contributed by atoms with van der Waals surface area (Å²) < 4.78 is 48.7. The number of aromatic nitrogens is 2. The molecule has 4 rings (SSSR count). The van der Waals surface area contributed by atoms with Crippen LogP contribution < -0.4 is 20.8 Å². The SMILES string of the molecule is CC(C)(N)[C@@H]1CCN(c2nc3c(cc2F)c(=O)c(OC(=O)O)cn3-c2ccc(F)cc2F)C1. The number of halogens is 3. The molecule has 1 aliphatic rings. The second kappa shape index (κ2) is 8.07. The van der Waals surface area contributed by atoms with Crippen molar-refractivity contribution in [1.82, 2.24) is 9.55 Å². The van der Waals surface area contributed by atoms with Crippen molar-refractivity contribution in [3.8, 4) is 11.4 Å². The van der Waals surface area contributed by atoms with E-state index in [-0.39, 0.29) is 28.5 Å². The Labute approximate surface area is 186 Å². The Morgan fingerprint density at radius 3 is 2.58 bits per heavy atom. The van der Waals surface area contributed by atoms with Gasteiger partial charge in [0, 0.05) is 24.7 Å². The third-order valence-corrected chi connectivity index (χ3v) is 5.79. The van der Waals surface area contributed by atoms with Gasteiger partial charge in [-0.05, 0) is 44.4 Å². The first-order chi connectivity index (χ1) is 15.5. The van der Waals surface area contributed by atoms with Crippen LogP contribution in [-0.4, -0.2) is 39.4 Å². The summed E-state index contributed by atoms with van der Waals surface area (Å²) in [6.45, 7) is 4.65. The zero-order valence-electron chi connectivity index (χ0n) is 17.8. The zero-order valence-corrected chi connectivity index (χ0v) is 17.8. The lowest BCUT2D eigenvalue weighted by Crippen LogP contribution is -2.42. The number of hydrogen-bond acceptors (Lipinski definition) is 6. The predicted octanol–water partition coefficient (Wildman–Crippen LogP) is 3.42. The molecule has 1 aromatic carbocycles. The quantitative estimate of drug-likeness (QED) is 0.572. The van der Waals surface area contributed by atoms with Crippen molar-refractivity contribution < 1.29 is 27.8 Å². The lowest BCUT2D eigenvalue weighted by atomic mass is 9.88. The van der Waals surface area contributed by atoms with Gasteiger partial charge in [0.05, 0.1) is 17.3 Å². The minimum atomic E-state index is -1.78. The summed E-state index contributed by atoms with van der Waals surface area (Å²) in [4.78, 5) is 29.8. The average molecular weight is 462 g/mol. The van der Waals surface area contributed by atoms with Crippen molar-refractivity contribution >= 4 is 23.0 Å². The molecule has 174 valence electrons. The van der Waals surface area contributed by atoms with Gasteiger partial charge in [-0.3, -0.25) is 9.36 Å². The number of nitrogens with two attached hydrogens (primary N) is 1. The first-order valence-electron chi connectivity index (χ1n) is 10.1. The maximum absolute atomic E-state index is 15.1. The number of pyridine rings is 2. The lowest BCUT2D eigenvalue weighted by molar-refractivity contribution is 0.144. The number of carbonyl (C=O) groups is 1. The molecule has 1 fully saturated rings. The van der Waals surface area contributed by atoms with Gasteiger partial charge in [0.15, 0.2) is 23.0 Å². The van der Waals surface area contributed by atoms with Crippen LogP contribution >= 0.6 is 0 Å². The average Bonchev–Trinajstić information content (AvgIpc) is 3.20. The number of rotatable bonds is 4. The van der Waals surface area contributed by atoms with E-state index in [4.69, 9.17) is 10.8 Å². The van der Waals surface area contributed by atoms with Crippen molar-refractivity contribution in [2.45, 2.75) is 25.8 Å². The molecule has 3 aromatic rings. The Morgan fingerprint density at radius 2 is 1.97 bits per heavy atom. The number of nitrogens with zero attached hydrogens (tertiary/aromatic N) is 3. The van der Waals surface area contributed by atoms with Gasteiger partial charge in [-0.1, -0.05) is 0 Å². The van der Waals surface area contributed by atoms with Crippen molar-refractivity contribution in [2.75, 3.05) is 18.0 Å². The topological polar surface area (TPSA) is 111 Å². The van der Waals surface area contributed by atoms with E-state index >= 15 is 4.39 Å². The fourth-order valence-corrected chi connectivity index (χ4v) is 4.00. The Kier molecular flexibility index (Phi) is 5.52. The van der Waals surface area contributed by atoms with Gasteiger partial charge in [-0.25, -0.2) is 22.9 Å². The van der Waals surface area contributed by atoms with E-state index < -0.39 is 40.3 Å². The monoisotopic (exact) mass is 462 g/mol. The van der Waals surface area contributed by atoms with Gasteiger partial charge < -0.3 is 20.5 Å². The molecule has 8 nitrogen and oxygen atoms in total. The molecule has 3 N–H and O–H groups in total. The van der Waals surface area contributed by atoms with Crippen molar-refractivity contribution in [3.63, 3.8) is 0 Å². The molecule has 1 aliphatic heterocycles. The minimum Gasteiger partial charge on any atom is -0.449 e. The highest BCUT2D eigenvalue weighted by atomic mass is 19.1. The van der Waals surface area contributed by atoms with Crippen molar-refractivity contribution in [2.24, 2.45) is 11.7 Å². The van der Waals surface area contributed by atoms with Crippen LogP contribution in [0.4, 0.5) is 23.8 Å². The number of carboxylic acid groups (broad SMARTS) is 1. The highest BCUT2D eigenvalue weighted by Gasteiger charge is 2.34. The number of fused-ring (bicyclic) bond motifs is 1. The van der Waals surface area contributed by atoms with Crippen LogP contribution in [0.25, 0.3) is 16.7 Å². The van der Waals surface area contributed by atoms with E-state index in [2.05, 4.69) is 9.72 Å². The van der Waals surface area contributed by atoms with Crippen LogP contribution in [0.15, 0.2) is 35.3 Å². The fourth-order valence-electron chi connectivity index (χ4n) is 4.00. The molecule has 1 saturated heterocycles. The van der Waals surface area contributed by atoms with Crippen LogP contribution in [0, 0.1) is 23.4 Å². The third kappa shape index (κ3) is 4.23. The second-order valence-corrected chi connectivity index (χ2v) is 8.57. The molecule has 1 atom stereocenters. The van der Waals surface area contributed by atoms with E-state index in [1.54, 1.807) is 4.90 Å². The van der Waals surface area contributed by atoms with Gasteiger partial charge in [0.1, 0.15) is 11.6 Å². The summed E-state index contributed by atoms with van der Waals surface area (Å²) in [6.07, 6.45) is -0.150. The maximum atomic E-state index is 15.1. The summed E-state index contributed by atoms with van der Waals surface area (Å²) in [5.74, 6) is -3.32. The summed E-state index contributed by atoms with van der Waals surface area (Å²) in [5, 5.41) is 8.62. The van der Waals surface area contributed by atoms with Gasteiger partial charge in [0.25, 0.3) is 0 Å². The van der Waals surface area contributed by atoms with E-state index in [1.807, 2.05) is 13.8 Å². The van der Waals surface area contributed by atoms with Crippen molar-refractivity contribution in [1.29, 1.82) is 0 Å². The van der Waals surface area contributed by atoms with E-state index in [0.717, 1.165) is 29.0 Å². The van der Waals surface area contributed by atoms with E-state index in [1.165, 1.54) is 0 Å². The number of benzene rings is 1. The first kappa shape index (κ1) is 22.6. The van der Waals surface area contributed by atoms with Crippen LogP contribution in [0.3, 0.4) is 0 Å². The van der Waals surface area contributed by atoms with Gasteiger partial charge in [0.2, 0.25) is 5.43 Å². The smallest absolute Gasteiger partial charge is 0.449 e. The van der Waals surface area contributed by atoms with Crippen LogP contribution in [0.2, 0.25) is 0 Å². The highest BCUT2D eigenvalue weighted by Crippen LogP contribution is 2.32. The minimum absolute atomic E-state index is 0.0585. The maximum Gasteiger partial charge on any atom is 0.511 e. The Bertz CT molecular complexity index is 1320. The van der Waals surface area contributed by atoms with Gasteiger partial charge in [-0.2, -0.15) is 0 Å². The number of ether oxygens (including phenoxy) is 1. The molecule has 0 saturated carbocycles. The summed E-state index contributed by atoms with van der Waals surface area (Å²) in [7, 11) is 0. The highest BCUT2D eigenvalue weighted by molar-refractivity contribution is 5.81. The molecule has 0 spiro atoms. The summed E-state index contributed by atoms with van der Waals surface area (Å²) in [5.41, 5.74) is 4.38. The second-order valence-electron chi connectivity index (χ2n) is 8.57. The molecule has 0 radical (unpaired) electrons. The van der Waals surface area contributed by atoms with Crippen LogP contribution in [0.5, 0.6) is 5.75 Å². The van der Waals surface area contributed by atoms with E-state index in [9.17, 15) is 18.4 Å². The molecule has 0 unspecified atom stereocenters. The summed E-state index contributed by atoms with van der Waals surface area (Å²) in [6, 6.07) is 3.61. The molecule has 0 amide bonds. The van der Waals surface area contributed by atoms with Crippen LogP contribution in [-0.2, 0) is 0 Å². The van der Waals surface area contributed by atoms with Crippen LogP contribution in [0.1, 0.15) is 20.3 Å². The van der Waals surface area contributed by atoms with E-state index in [0.29, 0.717) is 25.6 Å². The molecule has 3 heterocycles. The van der Waals surface area contributed by atoms with Gasteiger partial charge in [-0.15, -0.1) is 0 Å². The Balaban J connectivity index is 1.94. The molecule has 33 heavy (non-hydrogen) atoms. The standard InChI is InChI=1S/C22H21F3N4O4/c1-22(2,26)11-5-6-28(9-11)20-15(25)8-13-18(30)17(33-21(31)32)10-29(19(13)27-20)16-4-3-12(23)7-14(16)24/h3-4,7-8,10-11H,5-6,9,26H2,1-2H3,(H,31,32)/t11-/m1/s1.